The van der Waals surface area contributed by atoms with E-state index in [-0.39, 0.29) is 12.1 Å². The first kappa shape index (κ1) is 29.3. The molecule has 27 heavy (non-hydrogen) atoms. The van der Waals surface area contributed by atoms with Crippen molar-refractivity contribution >= 4 is 17.6 Å². The molecule has 0 aromatic carbocycles. The van der Waals surface area contributed by atoms with Gasteiger partial charge < -0.3 is 38.0 Å². The molecule has 0 aromatic rings. The zero-order valence-corrected chi connectivity index (χ0v) is 20.7. The Morgan fingerprint density at radius 3 is 1.15 bits per heavy atom. The summed E-state index contributed by atoms with van der Waals surface area (Å²) in [4.78, 5) is 0. The minimum Gasteiger partial charge on any atom is -0.377 e. The molecular weight excluding hydrogens is 384 g/mol. The third-order valence-corrected chi connectivity index (χ3v) is 9.69. The van der Waals surface area contributed by atoms with Crippen LogP contribution >= 0.6 is 0 Å². The molecule has 0 bridgehead atoms. The maximum Gasteiger partial charge on any atom is 0.500 e. The van der Waals surface area contributed by atoms with E-state index >= 15 is 0 Å². The van der Waals surface area contributed by atoms with Gasteiger partial charge in [0.1, 0.15) is 0 Å². The van der Waals surface area contributed by atoms with E-state index in [1.165, 1.54) is 0 Å². The van der Waals surface area contributed by atoms with Gasteiger partial charge >= 0.3 is 17.6 Å². The zero-order valence-electron chi connectivity index (χ0n) is 18.7. The molecule has 0 aliphatic rings. The lowest BCUT2D eigenvalue weighted by Crippen LogP contribution is -2.46. The van der Waals surface area contributed by atoms with Crippen LogP contribution in [0.5, 0.6) is 0 Å². The van der Waals surface area contributed by atoms with Crippen LogP contribution < -0.4 is 11.5 Å². The Kier molecular flexibility index (Phi) is 18.5. The van der Waals surface area contributed by atoms with E-state index in [9.17, 15) is 0 Å². The predicted molar refractivity (Wildman–Crippen MR) is 114 cm³/mol. The lowest BCUT2D eigenvalue weighted by atomic mass is 10.3. The van der Waals surface area contributed by atoms with E-state index in [0.29, 0.717) is 19.8 Å². The summed E-state index contributed by atoms with van der Waals surface area (Å²) in [5, 5.41) is 0. The summed E-state index contributed by atoms with van der Waals surface area (Å²) in [6, 6.07) is 1.91. The molecule has 0 aromatic heterocycles. The first-order valence-corrected chi connectivity index (χ1v) is 13.6. The largest absolute Gasteiger partial charge is 0.500 e. The van der Waals surface area contributed by atoms with Crippen molar-refractivity contribution in [3.8, 4) is 0 Å². The maximum absolute atomic E-state index is 5.74. The van der Waals surface area contributed by atoms with Crippen molar-refractivity contribution in [2.24, 2.45) is 11.5 Å². The molecule has 166 valence electrons. The highest BCUT2D eigenvalue weighted by Crippen LogP contribution is 2.19. The summed E-state index contributed by atoms with van der Waals surface area (Å²) < 4.78 is 32.8. The second kappa shape index (κ2) is 17.0. The Labute approximate surface area is 168 Å². The number of nitrogens with two attached hydrogens (primary N) is 2. The van der Waals surface area contributed by atoms with Crippen LogP contribution in [0.4, 0.5) is 0 Å². The predicted octanol–water partition coefficient (Wildman–Crippen LogP) is 2.37. The lowest BCUT2D eigenvalue weighted by Gasteiger charge is -2.28. The molecule has 0 saturated heterocycles. The van der Waals surface area contributed by atoms with E-state index < -0.39 is 17.6 Å². The molecule has 2 atom stereocenters. The molecule has 10 heteroatoms. The van der Waals surface area contributed by atoms with Gasteiger partial charge in [-0.25, -0.2) is 0 Å². The Bertz CT molecular complexity index is 309. The normalized spacial score (nSPS) is 14.4. The van der Waals surface area contributed by atoms with Crippen molar-refractivity contribution in [1.29, 1.82) is 0 Å². The minimum atomic E-state index is -2.44. The average Bonchev–Trinajstić information content (AvgIpc) is 2.63. The van der Waals surface area contributed by atoms with Gasteiger partial charge in [-0.15, -0.1) is 0 Å². The van der Waals surface area contributed by atoms with E-state index in [4.69, 9.17) is 38.0 Å². The van der Waals surface area contributed by atoms with Gasteiger partial charge in [-0.1, -0.05) is 0 Å². The van der Waals surface area contributed by atoms with E-state index in [2.05, 4.69) is 0 Å². The molecule has 0 amide bonds. The molecule has 0 rings (SSSR count). The molecule has 4 N–H and O–H groups in total. The third-order valence-electron chi connectivity index (χ3n) is 3.84. The van der Waals surface area contributed by atoms with E-state index in [1.54, 1.807) is 21.3 Å². The van der Waals surface area contributed by atoms with Gasteiger partial charge in [0.2, 0.25) is 0 Å². The van der Waals surface area contributed by atoms with Crippen LogP contribution in [-0.2, 0) is 26.6 Å². The molecule has 0 radical (unpaired) electrons. The van der Waals surface area contributed by atoms with Crippen molar-refractivity contribution in [3.05, 3.63) is 0 Å². The third kappa shape index (κ3) is 13.8. The van der Waals surface area contributed by atoms with Crippen LogP contribution in [-0.4, -0.2) is 70.8 Å². The fraction of sp³-hybridized carbons (Fsp3) is 1.00. The summed E-state index contributed by atoms with van der Waals surface area (Å²) >= 11 is 0. The Morgan fingerprint density at radius 2 is 0.926 bits per heavy atom. The maximum atomic E-state index is 5.74. The van der Waals surface area contributed by atoms with Gasteiger partial charge in [0, 0.05) is 65.3 Å². The molecule has 0 heterocycles. The second-order valence-electron chi connectivity index (χ2n) is 6.31. The number of rotatable bonds is 15. The SMILES string of the molecule is CCO[Si](CCC(C)N)(OCC)OCC.CO[Si](CCC(C)N)(OC)OC. The van der Waals surface area contributed by atoms with Crippen LogP contribution in [0.3, 0.4) is 0 Å². The van der Waals surface area contributed by atoms with E-state index in [1.807, 2.05) is 34.6 Å². The van der Waals surface area contributed by atoms with Crippen LogP contribution in [0.2, 0.25) is 12.1 Å². The Hall–Kier alpha value is 0.114. The van der Waals surface area contributed by atoms with Crippen LogP contribution in [0, 0.1) is 0 Å². The van der Waals surface area contributed by atoms with Crippen molar-refractivity contribution in [3.63, 3.8) is 0 Å². The van der Waals surface area contributed by atoms with Crippen LogP contribution in [0.25, 0.3) is 0 Å². The molecule has 0 aliphatic heterocycles. The molecule has 0 spiro atoms. The fourth-order valence-corrected chi connectivity index (χ4v) is 7.10. The Balaban J connectivity index is 0. The van der Waals surface area contributed by atoms with Gasteiger partial charge in [-0.3, -0.25) is 0 Å². The smallest absolute Gasteiger partial charge is 0.377 e. The summed E-state index contributed by atoms with van der Waals surface area (Å²) in [5.41, 5.74) is 11.4. The average molecular weight is 429 g/mol. The van der Waals surface area contributed by atoms with Gasteiger partial charge in [0.25, 0.3) is 0 Å². The highest BCUT2D eigenvalue weighted by atomic mass is 28.4. The number of hydrogen-bond donors (Lipinski definition) is 2. The Morgan fingerprint density at radius 1 is 0.630 bits per heavy atom. The van der Waals surface area contributed by atoms with Gasteiger partial charge in [0.15, 0.2) is 0 Å². The second-order valence-corrected chi connectivity index (χ2v) is 12.1. The fourth-order valence-electron chi connectivity index (χ4n) is 2.37. The van der Waals surface area contributed by atoms with Crippen molar-refractivity contribution in [1.82, 2.24) is 0 Å². The topological polar surface area (TPSA) is 107 Å². The summed E-state index contributed by atoms with van der Waals surface area (Å²) in [6.07, 6.45) is 1.74. The molecule has 0 aliphatic carbocycles. The molecule has 8 nitrogen and oxygen atoms in total. The zero-order chi connectivity index (χ0) is 21.3. The van der Waals surface area contributed by atoms with Crippen molar-refractivity contribution in [2.45, 2.75) is 71.6 Å². The first-order valence-electron chi connectivity index (χ1n) is 9.78. The quantitative estimate of drug-likeness (QED) is 0.383. The first-order chi connectivity index (χ1) is 12.7. The van der Waals surface area contributed by atoms with Gasteiger partial charge in [0.05, 0.1) is 0 Å². The van der Waals surface area contributed by atoms with Gasteiger partial charge in [-0.2, -0.15) is 0 Å². The highest BCUT2D eigenvalue weighted by Gasteiger charge is 2.40. The minimum absolute atomic E-state index is 0.164. The monoisotopic (exact) mass is 428 g/mol. The standard InChI is InChI=1S/C10H25NO3Si.C7H19NO3Si/c1-5-12-15(13-6-2,14-7-3)9-8-10(4)11;1-7(8)5-6-12(9-2,10-3)11-4/h10H,5-9,11H2,1-4H3;7H,5-6,8H2,1-4H3. The summed E-state index contributed by atoms with van der Waals surface area (Å²) in [5.74, 6) is 0. The van der Waals surface area contributed by atoms with Crippen LogP contribution in [0.1, 0.15) is 47.5 Å². The lowest BCUT2D eigenvalue weighted by molar-refractivity contribution is 0.0704. The molecular formula is C17H44N2O6Si2. The summed E-state index contributed by atoms with van der Waals surface area (Å²) in [7, 11) is 0.0361. The van der Waals surface area contributed by atoms with Crippen molar-refractivity contribution in [2.75, 3.05) is 41.2 Å². The van der Waals surface area contributed by atoms with E-state index in [0.717, 1.165) is 24.9 Å². The molecule has 2 unspecified atom stereocenters. The van der Waals surface area contributed by atoms with Crippen LogP contribution in [0.15, 0.2) is 0 Å². The van der Waals surface area contributed by atoms with Gasteiger partial charge in [-0.05, 0) is 47.5 Å². The summed E-state index contributed by atoms with van der Waals surface area (Å²) in [6.45, 7) is 11.7. The molecule has 0 fully saturated rings. The number of hydrogen-bond acceptors (Lipinski definition) is 8. The highest BCUT2D eigenvalue weighted by molar-refractivity contribution is 6.61. The van der Waals surface area contributed by atoms with Crippen molar-refractivity contribution < 1.29 is 26.6 Å². The molecule has 0 saturated carbocycles.